The first-order valence-corrected chi connectivity index (χ1v) is 10.3. The molecule has 3 rings (SSSR count). The number of carbonyl (C=O) groups excluding carboxylic acids is 1. The van der Waals surface area contributed by atoms with Gasteiger partial charge in [0.15, 0.2) is 11.5 Å². The Balaban J connectivity index is 1.70. The summed E-state index contributed by atoms with van der Waals surface area (Å²) in [7, 11) is 3.39. The van der Waals surface area contributed by atoms with Gasteiger partial charge in [-0.05, 0) is 38.3 Å². The largest absolute Gasteiger partial charge is 0.493 e. The third-order valence-electron chi connectivity index (χ3n) is 6.15. The first-order valence-electron chi connectivity index (χ1n) is 10.3. The van der Waals surface area contributed by atoms with Crippen LogP contribution in [0.1, 0.15) is 51.0 Å². The summed E-state index contributed by atoms with van der Waals surface area (Å²) in [5, 5.41) is 0. The van der Waals surface area contributed by atoms with Crippen molar-refractivity contribution in [3.05, 3.63) is 23.8 Å². The molecule has 2 saturated heterocycles. The molecule has 0 aromatic heterocycles. The Bertz CT molecular complexity index is 648. The molecule has 1 spiro atoms. The Kier molecular flexibility index (Phi) is 6.64. The number of hydrogen-bond acceptors (Lipinski definition) is 4. The number of nitrogens with zero attached hydrogens (tertiary/aromatic N) is 2. The van der Waals surface area contributed by atoms with Crippen molar-refractivity contribution in [2.75, 3.05) is 40.4 Å². The second-order valence-electron chi connectivity index (χ2n) is 8.14. The molecule has 2 fully saturated rings. The Hall–Kier alpha value is -1.75. The predicted octanol–water partition coefficient (Wildman–Crippen LogP) is 3.71. The van der Waals surface area contributed by atoms with Gasteiger partial charge in [0.1, 0.15) is 0 Å². The van der Waals surface area contributed by atoms with Crippen LogP contribution in [-0.4, -0.2) is 56.1 Å². The fraction of sp³-hybridized carbons (Fsp3) is 0.682. The monoisotopic (exact) mass is 374 g/mol. The average Bonchev–Trinajstić information content (AvgIpc) is 2.69. The molecule has 1 unspecified atom stereocenters. The Morgan fingerprint density at radius 2 is 2.00 bits per heavy atom. The molecule has 1 aromatic carbocycles. The van der Waals surface area contributed by atoms with Crippen molar-refractivity contribution in [2.45, 2.75) is 52.0 Å². The third-order valence-corrected chi connectivity index (χ3v) is 6.15. The fourth-order valence-corrected chi connectivity index (χ4v) is 4.75. The highest BCUT2D eigenvalue weighted by atomic mass is 16.5. The second-order valence-corrected chi connectivity index (χ2v) is 8.14. The van der Waals surface area contributed by atoms with Crippen LogP contribution < -0.4 is 9.47 Å². The molecule has 5 heteroatoms. The number of unbranched alkanes of at least 4 members (excludes halogenated alkanes) is 1. The zero-order valence-corrected chi connectivity index (χ0v) is 17.1. The van der Waals surface area contributed by atoms with Crippen LogP contribution in [0.25, 0.3) is 0 Å². The van der Waals surface area contributed by atoms with Crippen LogP contribution in [0, 0.1) is 5.41 Å². The summed E-state index contributed by atoms with van der Waals surface area (Å²) >= 11 is 0. The van der Waals surface area contributed by atoms with Crippen LogP contribution in [-0.2, 0) is 11.3 Å². The lowest BCUT2D eigenvalue weighted by atomic mass is 9.73. The van der Waals surface area contributed by atoms with Crippen LogP contribution >= 0.6 is 0 Å². The van der Waals surface area contributed by atoms with Gasteiger partial charge >= 0.3 is 0 Å². The molecule has 27 heavy (non-hydrogen) atoms. The smallest absolute Gasteiger partial charge is 0.222 e. The number of para-hydroxylation sites is 1. The van der Waals surface area contributed by atoms with E-state index in [2.05, 4.69) is 22.8 Å². The van der Waals surface area contributed by atoms with Gasteiger partial charge in [0.25, 0.3) is 0 Å². The molecule has 150 valence electrons. The number of likely N-dealkylation sites (tertiary alicyclic amines) is 2. The van der Waals surface area contributed by atoms with E-state index < -0.39 is 0 Å². The van der Waals surface area contributed by atoms with Crippen LogP contribution in [0.2, 0.25) is 0 Å². The molecule has 2 aliphatic heterocycles. The summed E-state index contributed by atoms with van der Waals surface area (Å²) in [6.07, 6.45) is 6.40. The maximum atomic E-state index is 12.3. The van der Waals surface area contributed by atoms with Crippen LogP contribution in [0.5, 0.6) is 11.5 Å². The van der Waals surface area contributed by atoms with Crippen molar-refractivity contribution in [2.24, 2.45) is 5.41 Å². The zero-order valence-electron chi connectivity index (χ0n) is 17.1. The molecule has 0 saturated carbocycles. The van der Waals surface area contributed by atoms with E-state index >= 15 is 0 Å². The average molecular weight is 375 g/mol. The summed E-state index contributed by atoms with van der Waals surface area (Å²) < 4.78 is 11.1. The number of piperidine rings is 2. The SMILES string of the molecule is CCCCN1CC2(CCCN(Cc3cccc(OC)c3OC)C2)CCC1=O. The number of methoxy groups -OCH3 is 2. The molecule has 1 atom stereocenters. The molecule has 1 aromatic rings. The zero-order chi connectivity index (χ0) is 19.3. The van der Waals surface area contributed by atoms with Gasteiger partial charge in [0.2, 0.25) is 5.91 Å². The molecular formula is C22H34N2O3. The lowest BCUT2D eigenvalue weighted by molar-refractivity contribution is -0.139. The molecule has 0 N–H and O–H groups in total. The van der Waals surface area contributed by atoms with E-state index in [1.54, 1.807) is 14.2 Å². The molecule has 0 radical (unpaired) electrons. The van der Waals surface area contributed by atoms with Crippen LogP contribution in [0.4, 0.5) is 0 Å². The fourth-order valence-electron chi connectivity index (χ4n) is 4.75. The van der Waals surface area contributed by atoms with Crippen molar-refractivity contribution in [1.82, 2.24) is 9.80 Å². The van der Waals surface area contributed by atoms with Gasteiger partial charge in [-0.2, -0.15) is 0 Å². The highest BCUT2D eigenvalue weighted by molar-refractivity contribution is 5.77. The lowest BCUT2D eigenvalue weighted by Crippen LogP contribution is -2.53. The molecule has 5 nitrogen and oxygen atoms in total. The summed E-state index contributed by atoms with van der Waals surface area (Å²) in [5.41, 5.74) is 1.43. The highest BCUT2D eigenvalue weighted by Crippen LogP contribution is 2.40. The van der Waals surface area contributed by atoms with Gasteiger partial charge < -0.3 is 14.4 Å². The van der Waals surface area contributed by atoms with Gasteiger partial charge in [0, 0.05) is 43.6 Å². The van der Waals surface area contributed by atoms with Crippen molar-refractivity contribution in [3.63, 3.8) is 0 Å². The number of rotatable bonds is 7. The first kappa shape index (κ1) is 20.0. The van der Waals surface area contributed by atoms with E-state index in [-0.39, 0.29) is 5.41 Å². The highest BCUT2D eigenvalue weighted by Gasteiger charge is 2.41. The van der Waals surface area contributed by atoms with Crippen molar-refractivity contribution < 1.29 is 14.3 Å². The Labute approximate surface area is 163 Å². The molecule has 2 aliphatic rings. The minimum Gasteiger partial charge on any atom is -0.493 e. The molecule has 0 aliphatic carbocycles. The third kappa shape index (κ3) is 4.57. The maximum absolute atomic E-state index is 12.3. The van der Waals surface area contributed by atoms with E-state index in [4.69, 9.17) is 9.47 Å². The number of benzene rings is 1. The number of ether oxygens (including phenoxy) is 2. The van der Waals surface area contributed by atoms with E-state index in [0.29, 0.717) is 12.3 Å². The molecule has 0 bridgehead atoms. The summed E-state index contributed by atoms with van der Waals surface area (Å²) in [6, 6.07) is 6.10. The maximum Gasteiger partial charge on any atom is 0.222 e. The minimum atomic E-state index is 0.256. The van der Waals surface area contributed by atoms with E-state index in [9.17, 15) is 4.79 Å². The van der Waals surface area contributed by atoms with E-state index in [0.717, 1.165) is 63.5 Å². The second kappa shape index (κ2) is 8.96. The first-order chi connectivity index (χ1) is 13.1. The summed E-state index contributed by atoms with van der Waals surface area (Å²) in [6.45, 7) is 7.06. The van der Waals surface area contributed by atoms with E-state index in [1.807, 2.05) is 12.1 Å². The Morgan fingerprint density at radius 3 is 2.74 bits per heavy atom. The normalized spacial score (nSPS) is 23.7. The summed E-state index contributed by atoms with van der Waals surface area (Å²) in [5.74, 6) is 1.97. The van der Waals surface area contributed by atoms with Crippen LogP contribution in [0.3, 0.4) is 0 Å². The lowest BCUT2D eigenvalue weighted by Gasteiger charge is -2.48. The quantitative estimate of drug-likeness (QED) is 0.730. The van der Waals surface area contributed by atoms with E-state index in [1.165, 1.54) is 18.4 Å². The van der Waals surface area contributed by atoms with Crippen molar-refractivity contribution >= 4 is 5.91 Å². The molecule has 1 amide bonds. The van der Waals surface area contributed by atoms with Gasteiger partial charge in [-0.25, -0.2) is 0 Å². The summed E-state index contributed by atoms with van der Waals surface area (Å²) in [4.78, 5) is 17.0. The van der Waals surface area contributed by atoms with Gasteiger partial charge in [-0.15, -0.1) is 0 Å². The van der Waals surface area contributed by atoms with Crippen molar-refractivity contribution in [3.8, 4) is 11.5 Å². The molecule has 2 heterocycles. The van der Waals surface area contributed by atoms with Gasteiger partial charge in [-0.3, -0.25) is 9.69 Å². The number of hydrogen-bond donors (Lipinski definition) is 0. The predicted molar refractivity (Wildman–Crippen MR) is 107 cm³/mol. The van der Waals surface area contributed by atoms with Gasteiger partial charge in [-0.1, -0.05) is 25.5 Å². The van der Waals surface area contributed by atoms with Crippen LogP contribution in [0.15, 0.2) is 18.2 Å². The number of amides is 1. The topological polar surface area (TPSA) is 42.0 Å². The standard InChI is InChI=1S/C22H34N2O3/c1-4-5-14-24-17-22(12-10-20(24)25)11-7-13-23(16-22)15-18-8-6-9-19(26-2)21(18)27-3/h6,8-9H,4-5,7,10-17H2,1-3H3. The molecular weight excluding hydrogens is 340 g/mol. The number of carbonyl (C=O) groups is 1. The van der Waals surface area contributed by atoms with Crippen molar-refractivity contribution in [1.29, 1.82) is 0 Å². The van der Waals surface area contributed by atoms with Gasteiger partial charge in [0.05, 0.1) is 14.2 Å². The Morgan fingerprint density at radius 1 is 1.15 bits per heavy atom. The minimum absolute atomic E-state index is 0.256.